The Morgan fingerprint density at radius 3 is 2.71 bits per heavy atom. The molecule has 0 aliphatic heterocycles. The normalized spacial score (nSPS) is 13.3. The van der Waals surface area contributed by atoms with E-state index in [0.29, 0.717) is 6.42 Å². The number of rotatable bonds is 4. The maximum absolute atomic E-state index is 12.2. The van der Waals surface area contributed by atoms with Gasteiger partial charge in [0.25, 0.3) is 6.43 Å². The monoisotopic (exact) mass is 259 g/mol. The Bertz CT molecular complexity index is 450. The molecule has 0 spiro atoms. The summed E-state index contributed by atoms with van der Waals surface area (Å²) in [7, 11) is -1.36. The maximum atomic E-state index is 12.2. The fourth-order valence-electron chi connectivity index (χ4n) is 1.18. The van der Waals surface area contributed by atoms with Gasteiger partial charge in [-0.25, -0.2) is 8.78 Å². The molecular weight excluding hydrogens is 248 g/mol. The predicted molar refractivity (Wildman–Crippen MR) is 57.7 cm³/mol. The van der Waals surface area contributed by atoms with Crippen molar-refractivity contribution >= 4 is 11.0 Å². The number of nitriles is 1. The second-order valence-corrected chi connectivity index (χ2v) is 4.56. The van der Waals surface area contributed by atoms with Crippen molar-refractivity contribution in [2.24, 2.45) is 0 Å². The SMILES string of the molecule is CS([O-])=[N+](C#N)CCc1ccc(C(F)F)nc1. The lowest BCUT2D eigenvalue weighted by molar-refractivity contribution is -0.414. The van der Waals surface area contributed by atoms with Crippen LogP contribution in [0, 0.1) is 11.5 Å². The van der Waals surface area contributed by atoms with Gasteiger partial charge in [0, 0.05) is 12.6 Å². The van der Waals surface area contributed by atoms with E-state index in [2.05, 4.69) is 4.98 Å². The number of hydrogen-bond acceptors (Lipinski definition) is 3. The molecule has 17 heavy (non-hydrogen) atoms. The van der Waals surface area contributed by atoms with Crippen LogP contribution < -0.4 is 0 Å². The summed E-state index contributed by atoms with van der Waals surface area (Å²) in [6.07, 6.45) is 2.39. The third kappa shape index (κ3) is 4.17. The molecule has 4 nitrogen and oxygen atoms in total. The molecule has 1 aromatic rings. The third-order valence-corrected chi connectivity index (χ3v) is 2.98. The number of pyridine rings is 1. The predicted octanol–water partition coefficient (Wildman–Crippen LogP) is 1.62. The highest BCUT2D eigenvalue weighted by Crippen LogP contribution is 2.15. The number of hydrogen-bond donors (Lipinski definition) is 0. The smallest absolute Gasteiger partial charge is 0.464 e. The molecule has 0 saturated heterocycles. The molecule has 0 radical (unpaired) electrons. The second kappa shape index (κ2) is 6.37. The van der Waals surface area contributed by atoms with Crippen LogP contribution in [0.25, 0.3) is 0 Å². The second-order valence-electron chi connectivity index (χ2n) is 3.27. The van der Waals surface area contributed by atoms with Crippen LogP contribution in [-0.2, 0) is 17.4 Å². The average molecular weight is 259 g/mol. The van der Waals surface area contributed by atoms with Gasteiger partial charge in [0.05, 0.1) is 0 Å². The topological polar surface area (TPSA) is 62.8 Å². The van der Waals surface area contributed by atoms with Crippen LogP contribution >= 0.6 is 0 Å². The minimum absolute atomic E-state index is 0.273. The summed E-state index contributed by atoms with van der Waals surface area (Å²) in [5.41, 5.74) is 0.449. The summed E-state index contributed by atoms with van der Waals surface area (Å²) in [4.78, 5) is 3.60. The Morgan fingerprint density at radius 1 is 1.59 bits per heavy atom. The minimum Gasteiger partial charge on any atom is -0.772 e. The van der Waals surface area contributed by atoms with Gasteiger partial charge < -0.3 is 4.55 Å². The molecule has 0 aromatic carbocycles. The number of nitrogens with zero attached hydrogens (tertiary/aromatic N) is 3. The van der Waals surface area contributed by atoms with Gasteiger partial charge in [-0.05, 0) is 17.9 Å². The van der Waals surface area contributed by atoms with Crippen LogP contribution in [0.2, 0.25) is 0 Å². The quantitative estimate of drug-likeness (QED) is 0.469. The van der Waals surface area contributed by atoms with Gasteiger partial charge in [-0.15, -0.1) is 11.0 Å². The molecule has 0 fully saturated rings. The highest BCUT2D eigenvalue weighted by Gasteiger charge is 2.08. The number of halogens is 2. The molecule has 1 rings (SSSR count). The molecule has 0 saturated carbocycles. The zero-order valence-electron chi connectivity index (χ0n) is 9.14. The van der Waals surface area contributed by atoms with Crippen molar-refractivity contribution in [2.75, 3.05) is 12.8 Å². The van der Waals surface area contributed by atoms with E-state index in [1.165, 1.54) is 24.6 Å². The Hall–Kier alpha value is -1.39. The van der Waals surface area contributed by atoms with E-state index in [4.69, 9.17) is 5.26 Å². The van der Waals surface area contributed by atoms with Crippen molar-refractivity contribution in [3.05, 3.63) is 29.6 Å². The summed E-state index contributed by atoms with van der Waals surface area (Å²) in [5.74, 6) is 0. The Labute approximate surface area is 100 Å². The molecule has 92 valence electrons. The minimum atomic E-state index is -2.58. The molecule has 1 aromatic heterocycles. The van der Waals surface area contributed by atoms with Gasteiger partial charge in [0.15, 0.2) is 5.26 Å². The van der Waals surface area contributed by atoms with Crippen molar-refractivity contribution in [3.8, 4) is 6.19 Å². The first kappa shape index (κ1) is 13.7. The first-order valence-electron chi connectivity index (χ1n) is 4.78. The summed E-state index contributed by atoms with van der Waals surface area (Å²) in [6, 6.07) is 2.78. The molecule has 7 heteroatoms. The van der Waals surface area contributed by atoms with Crippen LogP contribution in [0.5, 0.6) is 0 Å². The first-order valence-corrected chi connectivity index (χ1v) is 6.30. The van der Waals surface area contributed by atoms with E-state index < -0.39 is 17.4 Å². The van der Waals surface area contributed by atoms with E-state index in [1.807, 2.05) is 0 Å². The van der Waals surface area contributed by atoms with Crippen molar-refractivity contribution in [1.82, 2.24) is 4.98 Å². The maximum Gasteiger partial charge on any atom is 0.464 e. The largest absolute Gasteiger partial charge is 0.772 e. The molecule has 0 N–H and O–H groups in total. The summed E-state index contributed by atoms with van der Waals surface area (Å²) >= 11 is 0. The van der Waals surface area contributed by atoms with Crippen molar-refractivity contribution < 1.29 is 17.3 Å². The molecule has 0 bridgehead atoms. The van der Waals surface area contributed by atoms with Gasteiger partial charge in [0.1, 0.15) is 12.2 Å². The first-order chi connectivity index (χ1) is 8.04. The van der Waals surface area contributed by atoms with Gasteiger partial charge in [0.2, 0.25) is 0 Å². The van der Waals surface area contributed by atoms with Crippen LogP contribution in [0.1, 0.15) is 17.7 Å². The fourth-order valence-corrected chi connectivity index (χ4v) is 1.64. The zero-order chi connectivity index (χ0) is 12.8. The molecule has 0 aliphatic carbocycles. The third-order valence-electron chi connectivity index (χ3n) is 2.10. The van der Waals surface area contributed by atoms with Gasteiger partial charge in [-0.2, -0.15) is 3.95 Å². The lowest BCUT2D eigenvalue weighted by Gasteiger charge is -2.06. The zero-order valence-corrected chi connectivity index (χ0v) is 9.95. The van der Waals surface area contributed by atoms with Crippen molar-refractivity contribution in [2.45, 2.75) is 12.8 Å². The van der Waals surface area contributed by atoms with E-state index in [-0.39, 0.29) is 12.2 Å². The van der Waals surface area contributed by atoms with Crippen LogP contribution in [0.3, 0.4) is 0 Å². The molecule has 0 aliphatic rings. The van der Waals surface area contributed by atoms with Crippen LogP contribution in [-0.4, -0.2) is 26.3 Å². The standard InChI is InChI=1S/C10H11F2N3OS/c1-17(16)15(7-13)5-4-8-2-3-9(10(11)12)14-6-8/h2-3,6,10H,4-5H2,1H3. The summed E-state index contributed by atoms with van der Waals surface area (Å²) in [6.45, 7) is 0.273. The summed E-state index contributed by atoms with van der Waals surface area (Å²) < 4.78 is 36.6. The van der Waals surface area contributed by atoms with E-state index in [0.717, 1.165) is 9.51 Å². The van der Waals surface area contributed by atoms with Crippen LogP contribution in [0.4, 0.5) is 8.78 Å². The van der Waals surface area contributed by atoms with E-state index >= 15 is 0 Å². The molecular formula is C10H11F2N3OS. The van der Waals surface area contributed by atoms with Crippen molar-refractivity contribution in [1.29, 1.82) is 5.26 Å². The Balaban J connectivity index is 2.65. The molecule has 1 heterocycles. The highest BCUT2D eigenvalue weighted by molar-refractivity contribution is 7.78. The molecule has 1 atom stereocenters. The Kier molecular flexibility index (Phi) is 5.12. The van der Waals surface area contributed by atoms with E-state index in [9.17, 15) is 13.3 Å². The lowest BCUT2D eigenvalue weighted by Crippen LogP contribution is -2.13. The van der Waals surface area contributed by atoms with Crippen molar-refractivity contribution in [3.63, 3.8) is 0 Å². The van der Waals surface area contributed by atoms with E-state index in [1.54, 1.807) is 6.19 Å². The highest BCUT2D eigenvalue weighted by atomic mass is 32.2. The Morgan fingerprint density at radius 2 is 2.29 bits per heavy atom. The van der Waals surface area contributed by atoms with Gasteiger partial charge in [-0.1, -0.05) is 6.07 Å². The van der Waals surface area contributed by atoms with Crippen LogP contribution in [0.15, 0.2) is 18.3 Å². The number of alkyl halides is 2. The van der Waals surface area contributed by atoms with Gasteiger partial charge >= 0.3 is 6.19 Å². The fraction of sp³-hybridized carbons (Fsp3) is 0.400. The number of aromatic nitrogens is 1. The average Bonchev–Trinajstić information content (AvgIpc) is 2.30. The molecule has 1 unspecified atom stereocenters. The van der Waals surface area contributed by atoms with Gasteiger partial charge in [-0.3, -0.25) is 4.98 Å². The molecule has 0 amide bonds. The summed E-state index contributed by atoms with van der Waals surface area (Å²) in [5, 5.41) is 8.66. The lowest BCUT2D eigenvalue weighted by atomic mass is 10.2.